The van der Waals surface area contributed by atoms with Gasteiger partial charge in [0.25, 0.3) is 0 Å². The lowest BCUT2D eigenvalue weighted by atomic mass is 9.97. The van der Waals surface area contributed by atoms with Crippen molar-refractivity contribution in [2.75, 3.05) is 33.2 Å². The van der Waals surface area contributed by atoms with E-state index in [1.165, 1.54) is 51.9 Å². The molecule has 1 aliphatic carbocycles. The first-order valence-electron chi connectivity index (χ1n) is 7.41. The Hall–Kier alpha value is -0.120. The van der Waals surface area contributed by atoms with Crippen LogP contribution in [0, 0.1) is 5.92 Å². The number of rotatable bonds is 2. The molecule has 17 heavy (non-hydrogen) atoms. The minimum absolute atomic E-state index is 0.735. The van der Waals surface area contributed by atoms with E-state index >= 15 is 0 Å². The molecule has 0 spiro atoms. The molecule has 98 valence electrons. The van der Waals surface area contributed by atoms with Crippen molar-refractivity contribution in [2.45, 2.75) is 50.7 Å². The third-order valence-electron chi connectivity index (χ3n) is 5.00. The quantitative estimate of drug-likeness (QED) is 0.777. The Kier molecular flexibility index (Phi) is 3.42. The maximum absolute atomic E-state index is 3.76. The minimum atomic E-state index is 0.735. The van der Waals surface area contributed by atoms with Gasteiger partial charge in [-0.1, -0.05) is 0 Å². The van der Waals surface area contributed by atoms with Gasteiger partial charge in [0.1, 0.15) is 0 Å². The Bertz CT molecular complexity index is 256. The fourth-order valence-electron chi connectivity index (χ4n) is 3.56. The van der Waals surface area contributed by atoms with Crippen molar-refractivity contribution in [3.05, 3.63) is 0 Å². The Balaban J connectivity index is 1.59. The van der Waals surface area contributed by atoms with E-state index in [0.717, 1.165) is 24.0 Å². The molecular weight excluding hydrogens is 210 g/mol. The van der Waals surface area contributed by atoms with Gasteiger partial charge in [-0.25, -0.2) is 0 Å². The Labute approximate surface area is 106 Å². The summed E-state index contributed by atoms with van der Waals surface area (Å²) in [5.74, 6) is 0.997. The zero-order chi connectivity index (χ0) is 11.8. The van der Waals surface area contributed by atoms with Crippen molar-refractivity contribution in [1.29, 1.82) is 0 Å². The van der Waals surface area contributed by atoms with Crippen molar-refractivity contribution in [3.63, 3.8) is 0 Å². The number of hydrogen-bond donors (Lipinski definition) is 1. The van der Waals surface area contributed by atoms with E-state index in [9.17, 15) is 0 Å². The summed E-state index contributed by atoms with van der Waals surface area (Å²) in [7, 11) is 2.25. The summed E-state index contributed by atoms with van der Waals surface area (Å²) < 4.78 is 0. The summed E-state index contributed by atoms with van der Waals surface area (Å²) in [4.78, 5) is 5.29. The first-order chi connectivity index (χ1) is 8.24. The van der Waals surface area contributed by atoms with Crippen LogP contribution in [0.3, 0.4) is 0 Å². The van der Waals surface area contributed by atoms with Crippen LogP contribution in [0.5, 0.6) is 0 Å². The van der Waals surface area contributed by atoms with Gasteiger partial charge < -0.3 is 10.2 Å². The average molecular weight is 237 g/mol. The minimum Gasteiger partial charge on any atom is -0.311 e. The van der Waals surface area contributed by atoms with Crippen molar-refractivity contribution in [2.24, 2.45) is 5.92 Å². The zero-order valence-corrected chi connectivity index (χ0v) is 11.4. The Morgan fingerprint density at radius 1 is 1.06 bits per heavy atom. The van der Waals surface area contributed by atoms with Crippen LogP contribution < -0.4 is 5.32 Å². The largest absolute Gasteiger partial charge is 0.311 e. The summed E-state index contributed by atoms with van der Waals surface area (Å²) in [6.07, 6.45) is 5.68. The van der Waals surface area contributed by atoms with E-state index in [1.807, 2.05) is 0 Å². The molecule has 0 radical (unpaired) electrons. The van der Waals surface area contributed by atoms with Crippen molar-refractivity contribution in [1.82, 2.24) is 15.1 Å². The molecule has 2 aliphatic heterocycles. The molecule has 3 rings (SSSR count). The Morgan fingerprint density at radius 2 is 1.76 bits per heavy atom. The average Bonchev–Trinajstić information content (AvgIpc) is 3.15. The second-order valence-electron chi connectivity index (χ2n) is 6.43. The molecular formula is C14H27N3. The van der Waals surface area contributed by atoms with E-state index in [-0.39, 0.29) is 0 Å². The normalized spacial score (nSPS) is 38.5. The van der Waals surface area contributed by atoms with Crippen LogP contribution in [0.4, 0.5) is 0 Å². The van der Waals surface area contributed by atoms with Gasteiger partial charge in [-0.15, -0.1) is 0 Å². The topological polar surface area (TPSA) is 18.5 Å². The molecule has 3 heteroatoms. The molecule has 2 atom stereocenters. The van der Waals surface area contributed by atoms with Gasteiger partial charge >= 0.3 is 0 Å². The summed E-state index contributed by atoms with van der Waals surface area (Å²) in [5.41, 5.74) is 0. The molecule has 0 aromatic rings. The van der Waals surface area contributed by atoms with Crippen molar-refractivity contribution < 1.29 is 0 Å². The predicted molar refractivity (Wildman–Crippen MR) is 71.2 cm³/mol. The molecule has 3 fully saturated rings. The molecule has 0 aromatic heterocycles. The lowest BCUT2D eigenvalue weighted by molar-refractivity contribution is 0.0505. The van der Waals surface area contributed by atoms with E-state index in [2.05, 4.69) is 29.1 Å². The summed E-state index contributed by atoms with van der Waals surface area (Å²) >= 11 is 0. The van der Waals surface area contributed by atoms with Crippen LogP contribution in [0.2, 0.25) is 0 Å². The van der Waals surface area contributed by atoms with Crippen LogP contribution >= 0.6 is 0 Å². The molecule has 1 N–H and O–H groups in total. The third kappa shape index (κ3) is 2.67. The monoisotopic (exact) mass is 237 g/mol. The molecule has 0 aromatic carbocycles. The predicted octanol–water partition coefficient (Wildman–Crippen LogP) is 1.15. The summed E-state index contributed by atoms with van der Waals surface area (Å²) in [6, 6.07) is 2.38. The summed E-state index contributed by atoms with van der Waals surface area (Å²) in [5, 5.41) is 3.76. The number of piperidine rings is 1. The lowest BCUT2D eigenvalue weighted by Gasteiger charge is -2.46. The van der Waals surface area contributed by atoms with E-state index in [4.69, 9.17) is 0 Å². The number of likely N-dealkylation sites (tertiary alicyclic amines) is 1. The van der Waals surface area contributed by atoms with E-state index in [0.29, 0.717) is 0 Å². The lowest BCUT2D eigenvalue weighted by Crippen LogP contribution is -2.60. The second-order valence-corrected chi connectivity index (χ2v) is 6.43. The zero-order valence-electron chi connectivity index (χ0n) is 11.4. The standard InChI is InChI=1S/C14H27N3/c1-11-9-15-14(12-3-4-12)10-17(11)13-5-7-16(2)8-6-13/h11-15H,3-10H2,1-2H3. The molecule has 0 amide bonds. The molecule has 2 unspecified atom stereocenters. The number of hydrogen-bond acceptors (Lipinski definition) is 3. The van der Waals surface area contributed by atoms with E-state index in [1.54, 1.807) is 0 Å². The van der Waals surface area contributed by atoms with Gasteiger partial charge in [0.05, 0.1) is 0 Å². The second kappa shape index (κ2) is 4.87. The molecule has 2 saturated heterocycles. The van der Waals surface area contributed by atoms with E-state index < -0.39 is 0 Å². The van der Waals surface area contributed by atoms with Crippen LogP contribution in [0.15, 0.2) is 0 Å². The van der Waals surface area contributed by atoms with Gasteiger partial charge in [0.15, 0.2) is 0 Å². The van der Waals surface area contributed by atoms with Crippen LogP contribution in [0.25, 0.3) is 0 Å². The highest BCUT2D eigenvalue weighted by Gasteiger charge is 2.38. The number of piperazine rings is 1. The maximum Gasteiger partial charge on any atom is 0.0224 e. The first kappa shape index (κ1) is 11.9. The molecule has 3 aliphatic rings. The SMILES string of the molecule is CC1CNC(C2CC2)CN1C1CCN(C)CC1. The van der Waals surface area contributed by atoms with Gasteiger partial charge in [-0.3, -0.25) is 4.90 Å². The molecule has 0 bridgehead atoms. The summed E-state index contributed by atoms with van der Waals surface area (Å²) in [6.45, 7) is 7.48. The molecule has 1 saturated carbocycles. The fraction of sp³-hybridized carbons (Fsp3) is 1.00. The van der Waals surface area contributed by atoms with Gasteiger partial charge in [-0.05, 0) is 58.7 Å². The highest BCUT2D eigenvalue weighted by molar-refractivity contribution is 4.96. The third-order valence-corrected chi connectivity index (χ3v) is 5.00. The Morgan fingerprint density at radius 3 is 2.41 bits per heavy atom. The maximum atomic E-state index is 3.76. The highest BCUT2D eigenvalue weighted by Crippen LogP contribution is 2.35. The fourth-order valence-corrected chi connectivity index (χ4v) is 3.56. The van der Waals surface area contributed by atoms with Gasteiger partial charge in [0.2, 0.25) is 0 Å². The van der Waals surface area contributed by atoms with Gasteiger partial charge in [-0.2, -0.15) is 0 Å². The number of nitrogens with one attached hydrogen (secondary N) is 1. The van der Waals surface area contributed by atoms with Gasteiger partial charge in [0, 0.05) is 31.2 Å². The van der Waals surface area contributed by atoms with Crippen molar-refractivity contribution in [3.8, 4) is 0 Å². The van der Waals surface area contributed by atoms with Crippen LogP contribution in [-0.2, 0) is 0 Å². The molecule has 2 heterocycles. The molecule has 3 nitrogen and oxygen atoms in total. The van der Waals surface area contributed by atoms with Crippen LogP contribution in [0.1, 0.15) is 32.6 Å². The smallest absolute Gasteiger partial charge is 0.0224 e. The van der Waals surface area contributed by atoms with Crippen molar-refractivity contribution >= 4 is 0 Å². The highest BCUT2D eigenvalue weighted by atomic mass is 15.3. The number of nitrogens with zero attached hydrogens (tertiary/aromatic N) is 2. The van der Waals surface area contributed by atoms with Crippen LogP contribution in [-0.4, -0.2) is 61.2 Å². The first-order valence-corrected chi connectivity index (χ1v) is 7.41.